The molecule has 1 aromatic heterocycles. The van der Waals surface area contributed by atoms with Crippen LogP contribution in [0.15, 0.2) is 79.3 Å². The maximum absolute atomic E-state index is 14.3. The zero-order valence-electron chi connectivity index (χ0n) is 29.9. The highest BCUT2D eigenvalue weighted by atomic mass is 16.7. The van der Waals surface area contributed by atoms with Crippen molar-refractivity contribution in [2.45, 2.75) is 93.0 Å². The number of hydrogen-bond donors (Lipinski definition) is 8. The first-order valence-corrected chi connectivity index (χ1v) is 18.4. The fraction of sp³-hybridized carbons (Fsp3) is 0.390. The maximum Gasteiger partial charge on any atom is 0.327 e. The maximum atomic E-state index is 14.3. The van der Waals surface area contributed by atoms with Crippen molar-refractivity contribution in [1.29, 1.82) is 0 Å². The van der Waals surface area contributed by atoms with Crippen molar-refractivity contribution in [1.82, 2.24) is 9.97 Å². The number of aliphatic carboxylic acids is 1. The number of aliphatic hydroxyl groups is 4. The highest BCUT2D eigenvalue weighted by Crippen LogP contribution is 2.54. The van der Waals surface area contributed by atoms with Gasteiger partial charge in [-0.05, 0) is 65.6 Å². The van der Waals surface area contributed by atoms with Crippen LogP contribution >= 0.6 is 0 Å². The average Bonchev–Trinajstić information content (AvgIpc) is 3.81. The molecule has 3 heterocycles. The van der Waals surface area contributed by atoms with Gasteiger partial charge in [-0.15, -0.1) is 0 Å². The summed E-state index contributed by atoms with van der Waals surface area (Å²) < 4.78 is 11.3. The molecule has 7 atom stereocenters. The SMILES string of the molecule is O=C(O)C1C(CC2(c3ccccc3)CCCCC2)c2cc(O)c(OC3OC(CO)C(O)C(O)C3O)cc2N1C(=O)C=Cc1ccc(O)c(Cc2cnc[nH]2)c1. The summed E-state index contributed by atoms with van der Waals surface area (Å²) in [6.07, 6.45) is 3.15. The van der Waals surface area contributed by atoms with E-state index in [0.29, 0.717) is 29.5 Å². The number of rotatable bonds is 11. The Labute approximate surface area is 316 Å². The minimum Gasteiger partial charge on any atom is -0.508 e. The molecule has 7 rings (SSSR count). The van der Waals surface area contributed by atoms with Crippen molar-refractivity contribution in [3.63, 3.8) is 0 Å². The Kier molecular flexibility index (Phi) is 11.0. The summed E-state index contributed by atoms with van der Waals surface area (Å²) in [6.45, 7) is -0.702. The fourth-order valence-electron chi connectivity index (χ4n) is 8.46. The second kappa shape index (κ2) is 15.8. The fourth-order valence-corrected chi connectivity index (χ4v) is 8.46. The number of fused-ring (bicyclic) bond motifs is 1. The molecule has 0 radical (unpaired) electrons. The van der Waals surface area contributed by atoms with Crippen molar-refractivity contribution in [2.24, 2.45) is 0 Å². The van der Waals surface area contributed by atoms with E-state index in [9.17, 15) is 45.3 Å². The summed E-state index contributed by atoms with van der Waals surface area (Å²) in [6, 6.07) is 16.1. The molecule has 1 saturated carbocycles. The van der Waals surface area contributed by atoms with Gasteiger partial charge in [0.25, 0.3) is 5.91 Å². The second-order valence-corrected chi connectivity index (χ2v) is 14.7. The number of amides is 1. The number of nitrogens with one attached hydrogen (secondary N) is 1. The third-order valence-electron chi connectivity index (χ3n) is 11.3. The topological polar surface area (TPSA) is 226 Å². The van der Waals surface area contributed by atoms with Crippen molar-refractivity contribution in [3.05, 3.63) is 107 Å². The van der Waals surface area contributed by atoms with Gasteiger partial charge in [0, 0.05) is 41.9 Å². The quantitative estimate of drug-likeness (QED) is 0.103. The highest BCUT2D eigenvalue weighted by molar-refractivity contribution is 6.10. The van der Waals surface area contributed by atoms with Gasteiger partial charge in [-0.25, -0.2) is 9.78 Å². The Morgan fingerprint density at radius 3 is 2.42 bits per heavy atom. The lowest BCUT2D eigenvalue weighted by Crippen LogP contribution is -2.60. The van der Waals surface area contributed by atoms with Gasteiger partial charge in [-0.3, -0.25) is 9.69 Å². The Balaban J connectivity index is 1.28. The van der Waals surface area contributed by atoms with E-state index < -0.39 is 72.3 Å². The van der Waals surface area contributed by atoms with E-state index in [2.05, 4.69) is 22.1 Å². The summed E-state index contributed by atoms with van der Waals surface area (Å²) in [5, 5.41) is 73.8. The first-order valence-electron chi connectivity index (χ1n) is 18.4. The number of aromatic amines is 1. The number of phenolic OH excluding ortho intramolecular Hbond substituents is 2. The average molecular weight is 756 g/mol. The summed E-state index contributed by atoms with van der Waals surface area (Å²) in [4.78, 5) is 35.9. The van der Waals surface area contributed by atoms with E-state index >= 15 is 0 Å². The number of carboxylic acid groups (broad SMARTS) is 1. The standard InChI is InChI=1S/C41H45N3O11/c45-21-33-36(49)37(50)38(51)40(55-33)54-32-18-29-27(17-31(32)47)28(19-41(13-5-2-6-14-41)25-7-3-1-4-8-25)35(39(52)53)44(29)34(48)12-10-23-9-11-30(46)24(15-23)16-26-20-42-22-43-26/h1,3-4,7-12,15,17-18,20,22,28,33,35-38,40,45-47,49-51H,2,5-6,13-14,16,19,21H2,(H,42,43)(H,52,53). The first-order chi connectivity index (χ1) is 26.5. The van der Waals surface area contributed by atoms with E-state index in [1.54, 1.807) is 18.3 Å². The molecule has 14 nitrogen and oxygen atoms in total. The van der Waals surface area contributed by atoms with Crippen LogP contribution in [-0.4, -0.2) is 101 Å². The summed E-state index contributed by atoms with van der Waals surface area (Å²) in [7, 11) is 0. The number of phenols is 2. The molecule has 2 fully saturated rings. The highest BCUT2D eigenvalue weighted by Gasteiger charge is 2.50. The van der Waals surface area contributed by atoms with Crippen LogP contribution in [0.4, 0.5) is 5.69 Å². The molecule has 7 unspecified atom stereocenters. The molecule has 8 N–H and O–H groups in total. The predicted octanol–water partition coefficient (Wildman–Crippen LogP) is 3.48. The van der Waals surface area contributed by atoms with E-state index in [1.807, 2.05) is 18.2 Å². The number of carbonyl (C=O) groups is 2. The van der Waals surface area contributed by atoms with Crippen LogP contribution in [0.1, 0.15) is 72.4 Å². The number of H-pyrrole nitrogens is 1. The number of carbonyl (C=O) groups excluding carboxylic acids is 1. The van der Waals surface area contributed by atoms with Crippen LogP contribution in [0.2, 0.25) is 0 Å². The van der Waals surface area contributed by atoms with Crippen LogP contribution in [-0.2, 0) is 26.2 Å². The van der Waals surface area contributed by atoms with Gasteiger partial charge in [0.2, 0.25) is 6.29 Å². The van der Waals surface area contributed by atoms with Gasteiger partial charge in [0.15, 0.2) is 11.5 Å². The number of benzene rings is 3. The number of aliphatic hydroxyl groups excluding tert-OH is 4. The summed E-state index contributed by atoms with van der Waals surface area (Å²) in [5.74, 6) is -3.33. The van der Waals surface area contributed by atoms with Crippen molar-refractivity contribution in [2.75, 3.05) is 11.5 Å². The zero-order valence-corrected chi connectivity index (χ0v) is 29.9. The number of carboxylic acids is 1. The molecular formula is C41H45N3O11. The molecule has 55 heavy (non-hydrogen) atoms. The van der Waals surface area contributed by atoms with Crippen molar-refractivity contribution < 1.29 is 54.8 Å². The van der Waals surface area contributed by atoms with Gasteiger partial charge in [0.1, 0.15) is 36.2 Å². The van der Waals surface area contributed by atoms with Gasteiger partial charge >= 0.3 is 5.97 Å². The number of nitrogens with zero attached hydrogens (tertiary/aromatic N) is 2. The number of aromatic hydroxyl groups is 2. The minimum atomic E-state index is -1.79. The molecule has 0 bridgehead atoms. The Morgan fingerprint density at radius 1 is 0.964 bits per heavy atom. The molecule has 4 aromatic rings. The third kappa shape index (κ3) is 7.56. The van der Waals surface area contributed by atoms with Crippen molar-refractivity contribution in [3.8, 4) is 17.2 Å². The van der Waals surface area contributed by atoms with Crippen LogP contribution < -0.4 is 9.64 Å². The molecule has 1 saturated heterocycles. The number of hydrogen-bond acceptors (Lipinski definition) is 11. The number of imidazole rings is 1. The van der Waals surface area contributed by atoms with Gasteiger partial charge in [-0.1, -0.05) is 55.7 Å². The van der Waals surface area contributed by atoms with Crippen molar-refractivity contribution >= 4 is 23.6 Å². The van der Waals surface area contributed by atoms with Crippen LogP contribution in [0, 0.1) is 0 Å². The first kappa shape index (κ1) is 38.0. The lowest BCUT2D eigenvalue weighted by atomic mass is 9.63. The Bertz CT molecular complexity index is 2010. The van der Waals surface area contributed by atoms with Gasteiger partial charge in [-0.2, -0.15) is 0 Å². The number of anilines is 1. The van der Waals surface area contributed by atoms with E-state index in [1.165, 1.54) is 41.6 Å². The normalized spacial score (nSPS) is 26.2. The third-order valence-corrected chi connectivity index (χ3v) is 11.3. The lowest BCUT2D eigenvalue weighted by Gasteiger charge is -2.41. The molecular weight excluding hydrogens is 710 g/mol. The monoisotopic (exact) mass is 755 g/mol. The summed E-state index contributed by atoms with van der Waals surface area (Å²) in [5.41, 5.74) is 3.18. The molecule has 0 spiro atoms. The largest absolute Gasteiger partial charge is 0.508 e. The van der Waals surface area contributed by atoms with Gasteiger partial charge in [0.05, 0.1) is 18.6 Å². The van der Waals surface area contributed by atoms with E-state index in [-0.39, 0.29) is 17.2 Å². The molecule has 2 aliphatic heterocycles. The molecule has 3 aliphatic rings. The molecule has 3 aromatic carbocycles. The van der Waals surface area contributed by atoms with Crippen LogP contribution in [0.25, 0.3) is 6.08 Å². The smallest absolute Gasteiger partial charge is 0.327 e. The number of ether oxygens (including phenoxy) is 2. The van der Waals surface area contributed by atoms with E-state index in [0.717, 1.165) is 43.4 Å². The Morgan fingerprint density at radius 2 is 1.73 bits per heavy atom. The van der Waals surface area contributed by atoms with Gasteiger partial charge < -0.3 is 50.2 Å². The Hall–Kier alpha value is -5.25. The van der Waals surface area contributed by atoms with E-state index in [4.69, 9.17) is 9.47 Å². The molecule has 1 amide bonds. The number of aromatic nitrogens is 2. The lowest BCUT2D eigenvalue weighted by molar-refractivity contribution is -0.277. The summed E-state index contributed by atoms with van der Waals surface area (Å²) >= 11 is 0. The predicted molar refractivity (Wildman–Crippen MR) is 199 cm³/mol. The zero-order chi connectivity index (χ0) is 38.9. The molecule has 290 valence electrons. The molecule has 1 aliphatic carbocycles. The molecule has 14 heteroatoms. The second-order valence-electron chi connectivity index (χ2n) is 14.7. The van der Waals surface area contributed by atoms with Crippen LogP contribution in [0.3, 0.4) is 0 Å². The minimum absolute atomic E-state index is 0.0575. The van der Waals surface area contributed by atoms with Crippen LogP contribution in [0.5, 0.6) is 17.2 Å².